The van der Waals surface area contributed by atoms with Crippen LogP contribution in [0.25, 0.3) is 0 Å². The summed E-state index contributed by atoms with van der Waals surface area (Å²) in [6, 6.07) is 8.66. The van der Waals surface area contributed by atoms with Crippen LogP contribution in [0, 0.1) is 17.6 Å². The van der Waals surface area contributed by atoms with E-state index in [1.807, 2.05) is 13.8 Å². The van der Waals surface area contributed by atoms with Crippen molar-refractivity contribution in [1.82, 2.24) is 0 Å². The van der Waals surface area contributed by atoms with Gasteiger partial charge in [0.05, 0.1) is 10.1 Å². The number of rotatable bonds is 7. The second-order valence-electron chi connectivity index (χ2n) is 6.48. The molecule has 0 saturated carbocycles. The van der Waals surface area contributed by atoms with E-state index in [1.54, 1.807) is 0 Å². The van der Waals surface area contributed by atoms with Crippen LogP contribution in [0.3, 0.4) is 0 Å². The Labute approximate surface area is 152 Å². The molecule has 25 heavy (non-hydrogen) atoms. The van der Waals surface area contributed by atoms with Gasteiger partial charge in [-0.1, -0.05) is 38.3 Å². The summed E-state index contributed by atoms with van der Waals surface area (Å²) in [6.07, 6.45) is 1.64. The molecule has 0 aliphatic carbocycles. The van der Waals surface area contributed by atoms with Gasteiger partial charge in [-0.3, -0.25) is 0 Å². The first-order valence-electron chi connectivity index (χ1n) is 8.16. The third-order valence-corrected chi connectivity index (χ3v) is 6.49. The molecule has 2 rings (SSSR count). The lowest BCUT2D eigenvalue weighted by Gasteiger charge is -2.19. The van der Waals surface area contributed by atoms with E-state index in [9.17, 15) is 17.2 Å². The number of benzene rings is 2. The molecular formula is C19H21ClF2O2S. The zero-order valence-electron chi connectivity index (χ0n) is 14.2. The van der Waals surface area contributed by atoms with Gasteiger partial charge < -0.3 is 0 Å². The summed E-state index contributed by atoms with van der Waals surface area (Å²) in [7, 11) is -3.87. The zero-order chi connectivity index (χ0) is 18.6. The Morgan fingerprint density at radius 2 is 1.64 bits per heavy atom. The minimum absolute atomic E-state index is 0.0510. The van der Waals surface area contributed by atoms with E-state index in [2.05, 4.69) is 0 Å². The van der Waals surface area contributed by atoms with Crippen molar-refractivity contribution in [3.05, 3.63) is 64.7 Å². The standard InChI is InChI=1S/C19H21ClF2O2S/c1-13(2)4-3-5-19(17-12-15(21)8-11-18(17)22)25(23,24)16-9-6-14(20)7-10-16/h6-13,19H,3-5H2,1-2H3. The van der Waals surface area contributed by atoms with Crippen molar-refractivity contribution in [2.24, 2.45) is 5.92 Å². The normalized spacial score (nSPS) is 13.2. The number of hydrogen-bond donors (Lipinski definition) is 0. The van der Waals surface area contributed by atoms with Crippen LogP contribution in [0.2, 0.25) is 5.02 Å². The maximum absolute atomic E-state index is 14.3. The second-order valence-corrected chi connectivity index (χ2v) is 9.05. The maximum Gasteiger partial charge on any atom is 0.185 e. The topological polar surface area (TPSA) is 34.1 Å². The molecule has 0 fully saturated rings. The van der Waals surface area contributed by atoms with Gasteiger partial charge in [-0.05, 0) is 54.8 Å². The van der Waals surface area contributed by atoms with Crippen molar-refractivity contribution < 1.29 is 17.2 Å². The third-order valence-electron chi connectivity index (χ3n) is 4.07. The van der Waals surface area contributed by atoms with Crippen LogP contribution in [0.5, 0.6) is 0 Å². The Balaban J connectivity index is 2.46. The molecule has 0 radical (unpaired) electrons. The predicted octanol–water partition coefficient (Wildman–Crippen LogP) is 5.96. The highest BCUT2D eigenvalue weighted by Gasteiger charge is 2.31. The molecular weight excluding hydrogens is 366 g/mol. The lowest BCUT2D eigenvalue weighted by Crippen LogP contribution is -2.16. The summed E-state index contributed by atoms with van der Waals surface area (Å²) < 4.78 is 54.0. The van der Waals surface area contributed by atoms with Crippen LogP contribution in [0.1, 0.15) is 43.9 Å². The van der Waals surface area contributed by atoms with Crippen molar-refractivity contribution in [2.45, 2.75) is 43.3 Å². The highest BCUT2D eigenvalue weighted by molar-refractivity contribution is 7.91. The maximum atomic E-state index is 14.3. The second kappa shape index (κ2) is 8.28. The smallest absolute Gasteiger partial charge is 0.185 e. The molecule has 1 unspecified atom stereocenters. The first kappa shape index (κ1) is 19.9. The highest BCUT2D eigenvalue weighted by Crippen LogP contribution is 2.35. The molecule has 1 atom stereocenters. The van der Waals surface area contributed by atoms with Gasteiger partial charge in [-0.15, -0.1) is 0 Å². The molecule has 2 aromatic rings. The molecule has 0 heterocycles. The molecule has 0 bridgehead atoms. The quantitative estimate of drug-likeness (QED) is 0.588. The molecule has 2 aromatic carbocycles. The predicted molar refractivity (Wildman–Crippen MR) is 96.4 cm³/mol. The zero-order valence-corrected chi connectivity index (χ0v) is 15.7. The van der Waals surface area contributed by atoms with Gasteiger partial charge in [-0.2, -0.15) is 0 Å². The minimum Gasteiger partial charge on any atom is -0.223 e. The Kier molecular flexibility index (Phi) is 6.58. The van der Waals surface area contributed by atoms with Crippen LogP contribution in [0.4, 0.5) is 8.78 Å². The fourth-order valence-corrected chi connectivity index (χ4v) is 4.70. The summed E-state index contributed by atoms with van der Waals surface area (Å²) >= 11 is 5.82. The Bertz CT molecular complexity index is 818. The monoisotopic (exact) mass is 386 g/mol. The van der Waals surface area contributed by atoms with Gasteiger partial charge >= 0.3 is 0 Å². The number of hydrogen-bond acceptors (Lipinski definition) is 2. The molecule has 2 nitrogen and oxygen atoms in total. The molecule has 0 aliphatic heterocycles. The SMILES string of the molecule is CC(C)CCCC(c1cc(F)ccc1F)S(=O)(=O)c1ccc(Cl)cc1. The van der Waals surface area contributed by atoms with Crippen molar-refractivity contribution in [1.29, 1.82) is 0 Å². The molecule has 136 valence electrons. The van der Waals surface area contributed by atoms with Crippen LogP contribution in [-0.4, -0.2) is 8.42 Å². The van der Waals surface area contributed by atoms with Gasteiger partial charge in [0.1, 0.15) is 11.6 Å². The summed E-state index contributed by atoms with van der Waals surface area (Å²) in [4.78, 5) is 0.0510. The van der Waals surface area contributed by atoms with E-state index >= 15 is 0 Å². The summed E-state index contributed by atoms with van der Waals surface area (Å²) in [5.41, 5.74) is -0.126. The molecule has 6 heteroatoms. The number of sulfone groups is 1. The van der Waals surface area contributed by atoms with E-state index in [1.165, 1.54) is 24.3 Å². The molecule has 0 aliphatic rings. The van der Waals surface area contributed by atoms with Crippen LogP contribution in [-0.2, 0) is 9.84 Å². The average molecular weight is 387 g/mol. The summed E-state index contributed by atoms with van der Waals surface area (Å²) in [5, 5.41) is -0.727. The fraction of sp³-hybridized carbons (Fsp3) is 0.368. The van der Waals surface area contributed by atoms with E-state index in [4.69, 9.17) is 11.6 Å². The highest BCUT2D eigenvalue weighted by atomic mass is 35.5. The van der Waals surface area contributed by atoms with Crippen molar-refractivity contribution in [3.63, 3.8) is 0 Å². The van der Waals surface area contributed by atoms with Gasteiger partial charge in [0.25, 0.3) is 0 Å². The summed E-state index contributed by atoms with van der Waals surface area (Å²) in [6.45, 7) is 4.07. The van der Waals surface area contributed by atoms with Gasteiger partial charge in [0, 0.05) is 10.6 Å². The van der Waals surface area contributed by atoms with Crippen molar-refractivity contribution in [2.75, 3.05) is 0 Å². The Morgan fingerprint density at radius 3 is 2.24 bits per heavy atom. The lowest BCUT2D eigenvalue weighted by atomic mass is 10.0. The Hall–Kier alpha value is -1.46. The van der Waals surface area contributed by atoms with Crippen LogP contribution < -0.4 is 0 Å². The molecule has 0 saturated heterocycles. The minimum atomic E-state index is -3.87. The van der Waals surface area contributed by atoms with Gasteiger partial charge in [-0.25, -0.2) is 17.2 Å². The molecule has 0 N–H and O–H groups in total. The van der Waals surface area contributed by atoms with E-state index in [0.717, 1.165) is 24.6 Å². The van der Waals surface area contributed by atoms with E-state index in [0.29, 0.717) is 17.4 Å². The Morgan fingerprint density at radius 1 is 1.00 bits per heavy atom. The van der Waals surface area contributed by atoms with E-state index in [-0.39, 0.29) is 16.9 Å². The lowest BCUT2D eigenvalue weighted by molar-refractivity contribution is 0.508. The first-order chi connectivity index (χ1) is 11.7. The average Bonchev–Trinajstić information content (AvgIpc) is 2.54. The molecule has 0 spiro atoms. The van der Waals surface area contributed by atoms with E-state index < -0.39 is 26.7 Å². The fourth-order valence-electron chi connectivity index (χ4n) is 2.74. The van der Waals surface area contributed by atoms with Crippen molar-refractivity contribution in [3.8, 4) is 0 Å². The first-order valence-corrected chi connectivity index (χ1v) is 10.1. The molecule has 0 amide bonds. The third kappa shape index (κ3) is 5.02. The van der Waals surface area contributed by atoms with Gasteiger partial charge in [0.15, 0.2) is 9.84 Å². The van der Waals surface area contributed by atoms with Crippen LogP contribution >= 0.6 is 11.6 Å². The largest absolute Gasteiger partial charge is 0.223 e. The number of halogens is 3. The van der Waals surface area contributed by atoms with Gasteiger partial charge in [0.2, 0.25) is 0 Å². The van der Waals surface area contributed by atoms with Crippen LogP contribution in [0.15, 0.2) is 47.4 Å². The summed E-state index contributed by atoms with van der Waals surface area (Å²) in [5.74, 6) is -0.971. The van der Waals surface area contributed by atoms with Crippen molar-refractivity contribution >= 4 is 21.4 Å². The molecule has 0 aromatic heterocycles.